The summed E-state index contributed by atoms with van der Waals surface area (Å²) < 4.78 is 11.4. The highest BCUT2D eigenvalue weighted by molar-refractivity contribution is 5.96. The topological polar surface area (TPSA) is 18.5 Å². The molecule has 2 nitrogen and oxygen atoms in total. The minimum Gasteiger partial charge on any atom is -0.493 e. The maximum atomic E-state index is 5.76. The van der Waals surface area contributed by atoms with E-state index in [0.29, 0.717) is 0 Å². The third-order valence-electron chi connectivity index (χ3n) is 7.21. The van der Waals surface area contributed by atoms with Crippen LogP contribution in [0.2, 0.25) is 0 Å². The summed E-state index contributed by atoms with van der Waals surface area (Å²) in [4.78, 5) is 0. The van der Waals surface area contributed by atoms with E-state index in [1.807, 2.05) is 0 Å². The first-order chi connectivity index (χ1) is 15.1. The van der Waals surface area contributed by atoms with Gasteiger partial charge in [0, 0.05) is 0 Å². The first-order valence-electron chi connectivity index (χ1n) is 10.7. The molecule has 0 aromatic heterocycles. The summed E-state index contributed by atoms with van der Waals surface area (Å²) in [6.45, 7) is 4.41. The molecule has 0 aliphatic heterocycles. The second-order valence-electron chi connectivity index (χ2n) is 8.58. The van der Waals surface area contributed by atoms with E-state index >= 15 is 0 Å². The molecule has 31 heavy (non-hydrogen) atoms. The van der Waals surface area contributed by atoms with Crippen molar-refractivity contribution in [2.75, 3.05) is 14.2 Å². The SMILES string of the molecule is COc1cc2c(cc1OC)C1(c3ccccc3-c3cc(C)c(C)cc31)c1ccccc1-2. The third kappa shape index (κ3) is 2.12. The van der Waals surface area contributed by atoms with Gasteiger partial charge in [-0.15, -0.1) is 0 Å². The van der Waals surface area contributed by atoms with Gasteiger partial charge < -0.3 is 9.47 Å². The van der Waals surface area contributed by atoms with Crippen LogP contribution in [-0.2, 0) is 5.41 Å². The van der Waals surface area contributed by atoms with Gasteiger partial charge in [0.15, 0.2) is 11.5 Å². The van der Waals surface area contributed by atoms with Crippen LogP contribution in [0.25, 0.3) is 22.3 Å². The van der Waals surface area contributed by atoms with E-state index < -0.39 is 0 Å². The molecular weight excluding hydrogens is 380 g/mol. The minimum absolute atomic E-state index is 0.351. The molecule has 1 unspecified atom stereocenters. The summed E-state index contributed by atoms with van der Waals surface area (Å²) in [5.74, 6) is 1.53. The fourth-order valence-electron chi connectivity index (χ4n) is 5.72. The predicted octanol–water partition coefficient (Wildman–Crippen LogP) is 6.66. The van der Waals surface area contributed by atoms with Crippen molar-refractivity contribution in [1.29, 1.82) is 0 Å². The molecule has 0 saturated carbocycles. The average Bonchev–Trinajstić information content (AvgIpc) is 3.25. The van der Waals surface area contributed by atoms with Crippen LogP contribution in [0.5, 0.6) is 11.5 Å². The Hall–Kier alpha value is -3.52. The van der Waals surface area contributed by atoms with Crippen LogP contribution in [-0.4, -0.2) is 14.2 Å². The van der Waals surface area contributed by atoms with E-state index in [2.05, 4.69) is 86.6 Å². The molecule has 6 rings (SSSR count). The second kappa shape index (κ2) is 6.24. The van der Waals surface area contributed by atoms with E-state index in [-0.39, 0.29) is 5.41 Å². The first-order valence-corrected chi connectivity index (χ1v) is 10.7. The molecule has 4 aromatic carbocycles. The lowest BCUT2D eigenvalue weighted by molar-refractivity contribution is 0.354. The van der Waals surface area contributed by atoms with Gasteiger partial charge in [-0.1, -0.05) is 60.7 Å². The molecule has 0 bridgehead atoms. The van der Waals surface area contributed by atoms with Crippen molar-refractivity contribution in [3.8, 4) is 33.8 Å². The van der Waals surface area contributed by atoms with Crippen molar-refractivity contribution < 1.29 is 9.47 Å². The Morgan fingerprint density at radius 3 is 1.61 bits per heavy atom. The molecule has 2 aliphatic rings. The van der Waals surface area contributed by atoms with Crippen LogP contribution in [0.1, 0.15) is 33.4 Å². The zero-order chi connectivity index (χ0) is 21.3. The highest BCUT2D eigenvalue weighted by Crippen LogP contribution is 2.64. The highest BCUT2D eigenvalue weighted by Gasteiger charge is 2.52. The zero-order valence-electron chi connectivity index (χ0n) is 18.2. The molecule has 2 aliphatic carbocycles. The average molecular weight is 405 g/mol. The van der Waals surface area contributed by atoms with Crippen LogP contribution in [0.3, 0.4) is 0 Å². The molecule has 0 saturated heterocycles. The van der Waals surface area contributed by atoms with Gasteiger partial charge in [0.05, 0.1) is 19.6 Å². The Morgan fingerprint density at radius 1 is 0.516 bits per heavy atom. The van der Waals surface area contributed by atoms with Crippen LogP contribution in [0, 0.1) is 13.8 Å². The third-order valence-corrected chi connectivity index (χ3v) is 7.21. The lowest BCUT2D eigenvalue weighted by Crippen LogP contribution is -2.26. The number of ether oxygens (including phenoxy) is 2. The Bertz CT molecular complexity index is 1380. The van der Waals surface area contributed by atoms with Crippen molar-refractivity contribution in [3.63, 3.8) is 0 Å². The van der Waals surface area contributed by atoms with Gasteiger partial charge in [0.25, 0.3) is 0 Å². The standard InChI is InChI=1S/C29H24O2/c1-17-13-21-19-9-5-7-11-23(19)29(25(21)14-18(17)2)24-12-8-6-10-20(24)22-15-27(30-3)28(31-4)16-26(22)29/h5-16H,1-4H3. The number of hydrogen-bond acceptors (Lipinski definition) is 2. The number of methoxy groups -OCH3 is 2. The molecule has 0 radical (unpaired) electrons. The molecule has 1 atom stereocenters. The summed E-state index contributed by atoms with van der Waals surface area (Å²) in [5, 5.41) is 0. The Labute approximate surface area is 183 Å². The lowest BCUT2D eigenvalue weighted by atomic mass is 9.70. The summed E-state index contributed by atoms with van der Waals surface area (Å²) in [5.41, 5.74) is 12.7. The van der Waals surface area contributed by atoms with Crippen molar-refractivity contribution in [2.24, 2.45) is 0 Å². The van der Waals surface area contributed by atoms with Crippen LogP contribution < -0.4 is 9.47 Å². The summed E-state index contributed by atoms with van der Waals surface area (Å²) >= 11 is 0. The van der Waals surface area contributed by atoms with Crippen LogP contribution >= 0.6 is 0 Å². The first kappa shape index (κ1) is 18.3. The number of aryl methyl sites for hydroxylation is 2. The van der Waals surface area contributed by atoms with E-state index in [1.165, 1.54) is 55.6 Å². The molecular formula is C29H24O2. The smallest absolute Gasteiger partial charge is 0.161 e. The van der Waals surface area contributed by atoms with Crippen molar-refractivity contribution in [1.82, 2.24) is 0 Å². The van der Waals surface area contributed by atoms with Gasteiger partial charge in [-0.2, -0.15) is 0 Å². The van der Waals surface area contributed by atoms with E-state index in [9.17, 15) is 0 Å². The van der Waals surface area contributed by atoms with Crippen molar-refractivity contribution >= 4 is 0 Å². The fraction of sp³-hybridized carbons (Fsp3) is 0.172. The van der Waals surface area contributed by atoms with Gasteiger partial charge in [0.1, 0.15) is 0 Å². The molecule has 0 heterocycles. The number of hydrogen-bond donors (Lipinski definition) is 0. The Balaban J connectivity index is 1.84. The van der Waals surface area contributed by atoms with Crippen molar-refractivity contribution in [3.05, 3.63) is 106 Å². The summed E-state index contributed by atoms with van der Waals surface area (Å²) in [6, 6.07) is 26.8. The maximum Gasteiger partial charge on any atom is 0.161 e. The predicted molar refractivity (Wildman–Crippen MR) is 125 cm³/mol. The van der Waals surface area contributed by atoms with Crippen LogP contribution in [0.4, 0.5) is 0 Å². The summed E-state index contributed by atoms with van der Waals surface area (Å²) in [7, 11) is 3.41. The normalized spacial score (nSPS) is 17.2. The molecule has 2 heteroatoms. The number of benzene rings is 4. The van der Waals surface area contributed by atoms with Gasteiger partial charge in [-0.05, 0) is 81.6 Å². The molecule has 0 N–H and O–H groups in total. The van der Waals surface area contributed by atoms with E-state index in [0.717, 1.165) is 11.5 Å². The van der Waals surface area contributed by atoms with Gasteiger partial charge >= 0.3 is 0 Å². The molecule has 0 amide bonds. The highest BCUT2D eigenvalue weighted by atomic mass is 16.5. The molecule has 152 valence electrons. The zero-order valence-corrected chi connectivity index (χ0v) is 18.2. The molecule has 1 spiro atoms. The van der Waals surface area contributed by atoms with Gasteiger partial charge in [-0.3, -0.25) is 0 Å². The van der Waals surface area contributed by atoms with Gasteiger partial charge in [-0.25, -0.2) is 0 Å². The number of fused-ring (bicyclic) bond motifs is 10. The maximum absolute atomic E-state index is 5.76. The Morgan fingerprint density at radius 2 is 1.00 bits per heavy atom. The van der Waals surface area contributed by atoms with Crippen molar-refractivity contribution in [2.45, 2.75) is 19.3 Å². The monoisotopic (exact) mass is 404 g/mol. The Kier molecular flexibility index (Phi) is 3.68. The van der Waals surface area contributed by atoms with E-state index in [1.54, 1.807) is 14.2 Å². The van der Waals surface area contributed by atoms with Crippen LogP contribution in [0.15, 0.2) is 72.8 Å². The van der Waals surface area contributed by atoms with Gasteiger partial charge in [0.2, 0.25) is 0 Å². The number of rotatable bonds is 2. The largest absolute Gasteiger partial charge is 0.493 e. The lowest BCUT2D eigenvalue weighted by Gasteiger charge is -2.31. The molecule has 0 fully saturated rings. The van der Waals surface area contributed by atoms with E-state index in [4.69, 9.17) is 9.47 Å². The quantitative estimate of drug-likeness (QED) is 0.321. The molecule has 4 aromatic rings. The fourth-order valence-corrected chi connectivity index (χ4v) is 5.72. The minimum atomic E-state index is -0.351. The second-order valence-corrected chi connectivity index (χ2v) is 8.58. The summed E-state index contributed by atoms with van der Waals surface area (Å²) in [6.07, 6.45) is 0.